The van der Waals surface area contributed by atoms with Crippen LogP contribution in [0.3, 0.4) is 0 Å². The summed E-state index contributed by atoms with van der Waals surface area (Å²) in [6.07, 6.45) is 5.85. The maximum atomic E-state index is 13.3. The summed E-state index contributed by atoms with van der Waals surface area (Å²) in [5, 5.41) is 12.8. The Labute approximate surface area is 151 Å². The quantitative estimate of drug-likeness (QED) is 0.724. The van der Waals surface area contributed by atoms with Crippen LogP contribution in [0.15, 0.2) is 42.7 Å². The van der Waals surface area contributed by atoms with Gasteiger partial charge in [-0.3, -0.25) is 4.79 Å². The molecule has 0 unspecified atom stereocenters. The van der Waals surface area contributed by atoms with Crippen LogP contribution in [0.4, 0.5) is 5.82 Å². The van der Waals surface area contributed by atoms with Crippen LogP contribution in [0.2, 0.25) is 0 Å². The van der Waals surface area contributed by atoms with E-state index in [4.69, 9.17) is 5.10 Å². The number of piperazine rings is 1. The van der Waals surface area contributed by atoms with E-state index in [0.717, 1.165) is 48.5 Å². The summed E-state index contributed by atoms with van der Waals surface area (Å²) in [7, 11) is 0. The molecule has 0 radical (unpaired) electrons. The lowest BCUT2D eigenvalue weighted by Gasteiger charge is -2.35. The van der Waals surface area contributed by atoms with Gasteiger partial charge in [0.1, 0.15) is 0 Å². The molecule has 2 fully saturated rings. The molecule has 0 bridgehead atoms. The van der Waals surface area contributed by atoms with E-state index in [-0.39, 0.29) is 5.91 Å². The number of fused-ring (bicyclic) bond motifs is 1. The molecule has 2 aliphatic rings. The van der Waals surface area contributed by atoms with Crippen molar-refractivity contribution in [3.63, 3.8) is 0 Å². The fraction of sp³-hybridized carbons (Fsp3) is 0.368. The highest BCUT2D eigenvalue weighted by atomic mass is 16.2. The van der Waals surface area contributed by atoms with Crippen LogP contribution in [0.5, 0.6) is 0 Å². The minimum Gasteiger partial charge on any atom is -0.352 e. The molecule has 3 aromatic rings. The zero-order chi connectivity index (χ0) is 17.5. The van der Waals surface area contributed by atoms with Gasteiger partial charge in [0.05, 0.1) is 16.8 Å². The number of aromatic nitrogens is 4. The first-order valence-corrected chi connectivity index (χ1v) is 9.10. The van der Waals surface area contributed by atoms with Gasteiger partial charge in [0.15, 0.2) is 5.82 Å². The smallest absolute Gasteiger partial charge is 0.258 e. The SMILES string of the molecule is O=C(c1c(C2CC2)nn2ccccc12)N1CCN(c2cccnn2)CC1. The molecule has 0 atom stereocenters. The summed E-state index contributed by atoms with van der Waals surface area (Å²) in [5.74, 6) is 1.41. The normalized spacial score (nSPS) is 17.7. The maximum absolute atomic E-state index is 13.3. The largest absolute Gasteiger partial charge is 0.352 e. The first-order valence-electron chi connectivity index (χ1n) is 9.10. The molecule has 1 amide bonds. The van der Waals surface area contributed by atoms with E-state index in [1.165, 1.54) is 0 Å². The molecule has 1 saturated carbocycles. The van der Waals surface area contributed by atoms with Crippen molar-refractivity contribution in [1.82, 2.24) is 24.7 Å². The number of amides is 1. The minimum atomic E-state index is 0.104. The lowest BCUT2D eigenvalue weighted by molar-refractivity contribution is 0.0747. The number of hydrogen-bond acceptors (Lipinski definition) is 5. The number of nitrogens with zero attached hydrogens (tertiary/aromatic N) is 6. The molecule has 1 aliphatic carbocycles. The Bertz CT molecular complexity index is 941. The van der Waals surface area contributed by atoms with Crippen molar-refractivity contribution in [2.24, 2.45) is 0 Å². The number of rotatable bonds is 3. The fourth-order valence-electron chi connectivity index (χ4n) is 3.64. The van der Waals surface area contributed by atoms with Crippen molar-refractivity contribution in [3.8, 4) is 0 Å². The average molecular weight is 348 g/mol. The van der Waals surface area contributed by atoms with Gasteiger partial charge >= 0.3 is 0 Å². The molecule has 4 heterocycles. The maximum Gasteiger partial charge on any atom is 0.258 e. The Hall–Kier alpha value is -2.96. The van der Waals surface area contributed by atoms with Gasteiger partial charge in [-0.25, -0.2) is 4.52 Å². The summed E-state index contributed by atoms with van der Waals surface area (Å²) in [5.41, 5.74) is 2.68. The van der Waals surface area contributed by atoms with Gasteiger partial charge in [0.2, 0.25) is 0 Å². The van der Waals surface area contributed by atoms with Gasteiger partial charge < -0.3 is 9.80 Å². The monoisotopic (exact) mass is 348 g/mol. The zero-order valence-electron chi connectivity index (χ0n) is 14.5. The zero-order valence-corrected chi connectivity index (χ0v) is 14.5. The van der Waals surface area contributed by atoms with Crippen LogP contribution < -0.4 is 4.90 Å². The van der Waals surface area contributed by atoms with E-state index in [1.54, 1.807) is 6.20 Å². The van der Waals surface area contributed by atoms with Crippen molar-refractivity contribution in [1.29, 1.82) is 0 Å². The lowest BCUT2D eigenvalue weighted by atomic mass is 10.1. The molecule has 7 nitrogen and oxygen atoms in total. The van der Waals surface area contributed by atoms with E-state index in [9.17, 15) is 4.79 Å². The van der Waals surface area contributed by atoms with E-state index >= 15 is 0 Å². The molecule has 7 heteroatoms. The molecule has 26 heavy (non-hydrogen) atoms. The third kappa shape index (κ3) is 2.60. The van der Waals surface area contributed by atoms with E-state index < -0.39 is 0 Å². The molecule has 132 valence electrons. The average Bonchev–Trinajstić information content (AvgIpc) is 3.48. The highest BCUT2D eigenvalue weighted by Gasteiger charge is 2.35. The van der Waals surface area contributed by atoms with E-state index in [0.29, 0.717) is 19.0 Å². The second-order valence-electron chi connectivity index (χ2n) is 6.93. The highest BCUT2D eigenvalue weighted by Crippen LogP contribution is 2.42. The van der Waals surface area contributed by atoms with Gasteiger partial charge in [0, 0.05) is 44.5 Å². The lowest BCUT2D eigenvalue weighted by Crippen LogP contribution is -2.49. The van der Waals surface area contributed by atoms with E-state index in [1.807, 2.05) is 45.9 Å². The number of carbonyl (C=O) groups excluding carboxylic acids is 1. The molecule has 1 aliphatic heterocycles. The highest BCUT2D eigenvalue weighted by molar-refractivity contribution is 6.02. The Morgan fingerprint density at radius 3 is 2.62 bits per heavy atom. The van der Waals surface area contributed by atoms with Crippen LogP contribution in [-0.4, -0.2) is 56.8 Å². The fourth-order valence-corrected chi connectivity index (χ4v) is 3.64. The minimum absolute atomic E-state index is 0.104. The third-order valence-corrected chi connectivity index (χ3v) is 5.19. The second-order valence-corrected chi connectivity index (χ2v) is 6.93. The van der Waals surface area contributed by atoms with Gasteiger partial charge in [-0.2, -0.15) is 10.2 Å². The summed E-state index contributed by atoms with van der Waals surface area (Å²) < 4.78 is 1.84. The Morgan fingerprint density at radius 1 is 1.04 bits per heavy atom. The van der Waals surface area contributed by atoms with Gasteiger partial charge in [-0.05, 0) is 37.1 Å². The predicted octanol–water partition coefficient (Wildman–Crippen LogP) is 1.96. The molecule has 5 rings (SSSR count). The molecular weight excluding hydrogens is 328 g/mol. The van der Waals surface area contributed by atoms with E-state index in [2.05, 4.69) is 15.1 Å². The summed E-state index contributed by atoms with van der Waals surface area (Å²) in [4.78, 5) is 17.4. The van der Waals surface area contributed by atoms with Crippen LogP contribution in [0.1, 0.15) is 34.8 Å². The Kier molecular flexibility index (Phi) is 3.58. The van der Waals surface area contributed by atoms with Gasteiger partial charge in [-0.1, -0.05) is 6.07 Å². The van der Waals surface area contributed by atoms with Gasteiger partial charge in [0.25, 0.3) is 5.91 Å². The molecule has 0 aromatic carbocycles. The van der Waals surface area contributed by atoms with Crippen molar-refractivity contribution in [2.75, 3.05) is 31.1 Å². The molecule has 1 saturated heterocycles. The topological polar surface area (TPSA) is 66.6 Å². The summed E-state index contributed by atoms with van der Waals surface area (Å²) in [6, 6.07) is 9.75. The number of pyridine rings is 1. The standard InChI is InChI=1S/C19H20N6O/c26-19(24-12-10-23(11-13-24)16-5-3-8-20-21-16)17-15-4-1-2-9-25(15)22-18(17)14-6-7-14/h1-5,8-9,14H,6-7,10-13H2. The predicted molar refractivity (Wildman–Crippen MR) is 97.3 cm³/mol. The first-order chi connectivity index (χ1) is 12.8. The Balaban J connectivity index is 1.40. The van der Waals surface area contributed by atoms with Crippen molar-refractivity contribution in [2.45, 2.75) is 18.8 Å². The second kappa shape index (κ2) is 6.09. The summed E-state index contributed by atoms with van der Waals surface area (Å²) in [6.45, 7) is 2.90. The van der Waals surface area contributed by atoms with Crippen LogP contribution >= 0.6 is 0 Å². The van der Waals surface area contributed by atoms with Crippen LogP contribution in [0.25, 0.3) is 5.52 Å². The number of anilines is 1. The van der Waals surface area contributed by atoms with Crippen LogP contribution in [0, 0.1) is 0 Å². The van der Waals surface area contributed by atoms with Crippen molar-refractivity contribution >= 4 is 17.2 Å². The third-order valence-electron chi connectivity index (χ3n) is 5.19. The number of carbonyl (C=O) groups is 1. The molecule has 0 N–H and O–H groups in total. The number of hydrogen-bond donors (Lipinski definition) is 0. The summed E-state index contributed by atoms with van der Waals surface area (Å²) >= 11 is 0. The Morgan fingerprint density at radius 2 is 1.88 bits per heavy atom. The molecular formula is C19H20N6O. The first kappa shape index (κ1) is 15.3. The van der Waals surface area contributed by atoms with Crippen LogP contribution in [-0.2, 0) is 0 Å². The molecule has 0 spiro atoms. The van der Waals surface area contributed by atoms with Crippen molar-refractivity contribution in [3.05, 3.63) is 54.0 Å². The van der Waals surface area contributed by atoms with Gasteiger partial charge in [-0.15, -0.1) is 5.10 Å². The molecule has 3 aromatic heterocycles. The van der Waals surface area contributed by atoms with Crippen molar-refractivity contribution < 1.29 is 4.79 Å².